The zero-order valence-electron chi connectivity index (χ0n) is 34.3. The summed E-state index contributed by atoms with van der Waals surface area (Å²) in [5.74, 6) is 0. The summed E-state index contributed by atoms with van der Waals surface area (Å²) < 4.78 is 0. The second-order valence-electron chi connectivity index (χ2n) is 15.0. The van der Waals surface area contributed by atoms with Gasteiger partial charge in [-0.1, -0.05) is 298 Å². The third-order valence-electron chi connectivity index (χ3n) is 9.87. The topological polar surface area (TPSA) is 0 Å². The molecule has 0 N–H and O–H groups in total. The summed E-state index contributed by atoms with van der Waals surface area (Å²) in [4.78, 5) is 0. The molecule has 0 aromatic heterocycles. The highest BCUT2D eigenvalue weighted by atomic mass is 14.0. The molecule has 0 aliphatic rings. The zero-order valence-corrected chi connectivity index (χ0v) is 34.3. The molecular formula is C46H98. The van der Waals surface area contributed by atoms with Gasteiger partial charge in [-0.25, -0.2) is 0 Å². The maximum atomic E-state index is 2.29. The first-order chi connectivity index (χ1) is 22.7. The summed E-state index contributed by atoms with van der Waals surface area (Å²) in [5, 5.41) is 0. The molecule has 0 saturated heterocycles. The molecule has 0 nitrogen and oxygen atoms in total. The molecule has 0 heteroatoms. The van der Waals surface area contributed by atoms with E-state index >= 15 is 0 Å². The van der Waals surface area contributed by atoms with Gasteiger partial charge in [0.2, 0.25) is 0 Å². The molecule has 46 heavy (non-hydrogen) atoms. The summed E-state index contributed by atoms with van der Waals surface area (Å²) in [6.07, 6.45) is 58.3. The van der Waals surface area contributed by atoms with Gasteiger partial charge in [-0.3, -0.25) is 0 Å². The number of rotatable bonds is 37. The molecular weight excluding hydrogens is 553 g/mol. The minimum absolute atomic E-state index is 1.37. The van der Waals surface area contributed by atoms with Gasteiger partial charge in [0, 0.05) is 0 Å². The standard InChI is InChI=1S/2C16H34.C14H30/c2*1-3-5-7-9-11-13-15-16-14-12-10-8-6-4-2;1-3-5-7-9-11-13-14-12-10-8-6-4-2/h2*3-16H2,1-2H3;3-14H2,1-2H3. The highest BCUT2D eigenvalue weighted by Crippen LogP contribution is 2.14. The van der Waals surface area contributed by atoms with Crippen molar-refractivity contribution in [3.8, 4) is 0 Å². The fourth-order valence-electron chi connectivity index (χ4n) is 6.45. The van der Waals surface area contributed by atoms with Crippen molar-refractivity contribution in [2.45, 2.75) is 298 Å². The Morgan fingerprint density at radius 2 is 0.174 bits per heavy atom. The third kappa shape index (κ3) is 59.4. The Balaban J connectivity index is -0.000000605. The first kappa shape index (κ1) is 50.4. The Morgan fingerprint density at radius 1 is 0.109 bits per heavy atom. The molecule has 0 aliphatic carbocycles. The summed E-state index contributed by atoms with van der Waals surface area (Å²) in [5.41, 5.74) is 0. The second-order valence-corrected chi connectivity index (χ2v) is 15.0. The maximum Gasteiger partial charge on any atom is -0.0533 e. The largest absolute Gasteiger partial charge is 0.0654 e. The molecule has 0 atom stereocenters. The van der Waals surface area contributed by atoms with Gasteiger partial charge < -0.3 is 0 Å². The maximum absolute atomic E-state index is 2.29. The normalized spacial score (nSPS) is 10.8. The SMILES string of the molecule is CCCCCCCCCCCCCC.CCCCCCCCCCCCCCCC.CCCCCCCCCCCCCCCC. The molecule has 0 aromatic rings. The zero-order chi connectivity index (χ0) is 34.3. The van der Waals surface area contributed by atoms with Crippen molar-refractivity contribution >= 4 is 0 Å². The first-order valence-corrected chi connectivity index (χ1v) is 22.7. The van der Waals surface area contributed by atoms with Gasteiger partial charge in [-0.2, -0.15) is 0 Å². The lowest BCUT2D eigenvalue weighted by molar-refractivity contribution is 0.538. The van der Waals surface area contributed by atoms with E-state index in [0.29, 0.717) is 0 Å². The van der Waals surface area contributed by atoms with Crippen molar-refractivity contribution in [2.24, 2.45) is 0 Å². The quantitative estimate of drug-likeness (QED) is 0.0587. The molecule has 0 unspecified atom stereocenters. The van der Waals surface area contributed by atoms with E-state index in [1.807, 2.05) is 0 Å². The van der Waals surface area contributed by atoms with Crippen LogP contribution in [0.5, 0.6) is 0 Å². The molecule has 0 bridgehead atoms. The van der Waals surface area contributed by atoms with Crippen molar-refractivity contribution < 1.29 is 0 Å². The van der Waals surface area contributed by atoms with E-state index in [-0.39, 0.29) is 0 Å². The Morgan fingerprint density at radius 3 is 0.239 bits per heavy atom. The van der Waals surface area contributed by atoms with Crippen molar-refractivity contribution in [1.29, 1.82) is 0 Å². The molecule has 0 radical (unpaired) electrons. The van der Waals surface area contributed by atoms with Crippen LogP contribution in [0.3, 0.4) is 0 Å². The Kier molecular flexibility index (Phi) is 59.6. The van der Waals surface area contributed by atoms with Crippen molar-refractivity contribution in [2.75, 3.05) is 0 Å². The van der Waals surface area contributed by atoms with Crippen molar-refractivity contribution in [3.63, 3.8) is 0 Å². The van der Waals surface area contributed by atoms with E-state index in [4.69, 9.17) is 0 Å². The van der Waals surface area contributed by atoms with Gasteiger partial charge in [-0.05, 0) is 0 Å². The van der Waals surface area contributed by atoms with Gasteiger partial charge in [0.05, 0.1) is 0 Å². The summed E-state index contributed by atoms with van der Waals surface area (Å²) >= 11 is 0. The van der Waals surface area contributed by atoms with E-state index in [1.54, 1.807) is 0 Å². The van der Waals surface area contributed by atoms with Crippen LogP contribution in [0.4, 0.5) is 0 Å². The van der Waals surface area contributed by atoms with E-state index in [2.05, 4.69) is 41.5 Å². The van der Waals surface area contributed by atoms with Crippen LogP contribution in [0.2, 0.25) is 0 Å². The minimum Gasteiger partial charge on any atom is -0.0654 e. The average molecular weight is 651 g/mol. The van der Waals surface area contributed by atoms with Crippen LogP contribution >= 0.6 is 0 Å². The molecule has 0 heterocycles. The molecule has 0 spiro atoms. The summed E-state index contributed by atoms with van der Waals surface area (Å²) in [6.45, 7) is 13.7. The van der Waals surface area contributed by atoms with Gasteiger partial charge in [0.1, 0.15) is 0 Å². The van der Waals surface area contributed by atoms with Gasteiger partial charge in [0.15, 0.2) is 0 Å². The van der Waals surface area contributed by atoms with Crippen LogP contribution in [0.15, 0.2) is 0 Å². The van der Waals surface area contributed by atoms with Crippen LogP contribution in [0.1, 0.15) is 298 Å². The van der Waals surface area contributed by atoms with Gasteiger partial charge >= 0.3 is 0 Å². The van der Waals surface area contributed by atoms with E-state index in [1.165, 1.54) is 257 Å². The van der Waals surface area contributed by atoms with E-state index in [9.17, 15) is 0 Å². The van der Waals surface area contributed by atoms with Crippen LogP contribution in [-0.4, -0.2) is 0 Å². The highest BCUT2D eigenvalue weighted by molar-refractivity contribution is 4.50. The first-order valence-electron chi connectivity index (χ1n) is 22.7. The summed E-state index contributed by atoms with van der Waals surface area (Å²) in [7, 11) is 0. The van der Waals surface area contributed by atoms with Crippen LogP contribution in [-0.2, 0) is 0 Å². The smallest absolute Gasteiger partial charge is 0.0533 e. The average Bonchev–Trinajstić information content (AvgIpc) is 3.07. The second kappa shape index (κ2) is 54.5. The van der Waals surface area contributed by atoms with E-state index in [0.717, 1.165) is 0 Å². The molecule has 0 aliphatic heterocycles. The molecule has 0 amide bonds. The lowest BCUT2D eigenvalue weighted by Gasteiger charge is -2.02. The fourth-order valence-corrected chi connectivity index (χ4v) is 6.45. The third-order valence-corrected chi connectivity index (χ3v) is 9.87. The minimum atomic E-state index is 1.37. The predicted octanol–water partition coefficient (Wildman–Crippen LogP) is 18.7. The highest BCUT2D eigenvalue weighted by Gasteiger charge is 1.95. The number of hydrogen-bond donors (Lipinski definition) is 0. The monoisotopic (exact) mass is 651 g/mol. The Hall–Kier alpha value is 0. The number of hydrogen-bond acceptors (Lipinski definition) is 0. The van der Waals surface area contributed by atoms with Crippen molar-refractivity contribution in [3.05, 3.63) is 0 Å². The molecule has 0 rings (SSSR count). The van der Waals surface area contributed by atoms with Crippen LogP contribution < -0.4 is 0 Å². The van der Waals surface area contributed by atoms with Crippen LogP contribution in [0, 0.1) is 0 Å². The van der Waals surface area contributed by atoms with Crippen LogP contribution in [0.25, 0.3) is 0 Å². The van der Waals surface area contributed by atoms with Gasteiger partial charge in [-0.15, -0.1) is 0 Å². The lowest BCUT2D eigenvalue weighted by atomic mass is 10.0. The number of unbranched alkanes of at least 4 members (excludes halogenated alkanes) is 37. The Bertz CT molecular complexity index is 358. The molecule has 0 fully saturated rings. The molecule has 0 aromatic carbocycles. The Labute approximate surface area is 297 Å². The summed E-state index contributed by atoms with van der Waals surface area (Å²) in [6, 6.07) is 0. The van der Waals surface area contributed by atoms with Crippen molar-refractivity contribution in [1.82, 2.24) is 0 Å². The van der Waals surface area contributed by atoms with Gasteiger partial charge in [0.25, 0.3) is 0 Å². The van der Waals surface area contributed by atoms with E-state index < -0.39 is 0 Å². The lowest BCUT2D eigenvalue weighted by Crippen LogP contribution is -1.82. The molecule has 0 saturated carbocycles. The fraction of sp³-hybridized carbons (Fsp3) is 1.00. The molecule has 282 valence electrons. The predicted molar refractivity (Wildman–Crippen MR) is 219 cm³/mol.